The first-order valence-electron chi connectivity index (χ1n) is 6.59. The van der Waals surface area contributed by atoms with Crippen LogP contribution in [0.15, 0.2) is 18.2 Å². The van der Waals surface area contributed by atoms with E-state index < -0.39 is 5.54 Å². The highest BCUT2D eigenvalue weighted by atomic mass is 16.7. The summed E-state index contributed by atoms with van der Waals surface area (Å²) in [6, 6.07) is 5.73. The normalized spacial score (nSPS) is 24.5. The standard InChI is InChI=1S/C14H18N2O3/c1-14(5-2-6-16-14)13(17)15-8-10-3-4-11-12(7-10)19-9-18-11/h3-4,7,16H,2,5-6,8-9H2,1H3,(H,15,17). The highest BCUT2D eigenvalue weighted by Crippen LogP contribution is 2.32. The number of amides is 1. The van der Waals surface area contributed by atoms with Crippen LogP contribution in [0.4, 0.5) is 0 Å². The van der Waals surface area contributed by atoms with E-state index in [2.05, 4.69) is 10.6 Å². The van der Waals surface area contributed by atoms with Crippen LogP contribution in [0.1, 0.15) is 25.3 Å². The minimum Gasteiger partial charge on any atom is -0.454 e. The molecule has 1 amide bonds. The molecule has 0 aromatic heterocycles. The summed E-state index contributed by atoms with van der Waals surface area (Å²) in [4.78, 5) is 12.1. The third kappa shape index (κ3) is 2.38. The maximum atomic E-state index is 12.1. The summed E-state index contributed by atoms with van der Waals surface area (Å²) in [6.45, 7) is 3.64. The van der Waals surface area contributed by atoms with Crippen molar-refractivity contribution in [2.75, 3.05) is 13.3 Å². The molecule has 0 aliphatic carbocycles. The molecule has 102 valence electrons. The van der Waals surface area contributed by atoms with Gasteiger partial charge in [-0.05, 0) is 44.0 Å². The van der Waals surface area contributed by atoms with Crippen molar-refractivity contribution in [2.24, 2.45) is 0 Å². The summed E-state index contributed by atoms with van der Waals surface area (Å²) in [5.41, 5.74) is 0.593. The lowest BCUT2D eigenvalue weighted by atomic mass is 9.99. The zero-order valence-corrected chi connectivity index (χ0v) is 11.0. The molecule has 1 saturated heterocycles. The Balaban J connectivity index is 1.61. The maximum absolute atomic E-state index is 12.1. The minimum absolute atomic E-state index is 0.0580. The molecule has 1 aromatic carbocycles. The number of carbonyl (C=O) groups is 1. The molecule has 2 aliphatic heterocycles. The van der Waals surface area contributed by atoms with Crippen LogP contribution in [0, 0.1) is 0 Å². The van der Waals surface area contributed by atoms with E-state index in [1.165, 1.54) is 0 Å². The zero-order chi connectivity index (χ0) is 13.3. The molecule has 2 aliphatic rings. The molecule has 0 radical (unpaired) electrons. The summed E-state index contributed by atoms with van der Waals surface area (Å²) < 4.78 is 10.6. The van der Waals surface area contributed by atoms with Crippen LogP contribution in [0.5, 0.6) is 11.5 Å². The number of carbonyl (C=O) groups excluding carboxylic acids is 1. The van der Waals surface area contributed by atoms with Crippen molar-refractivity contribution in [3.05, 3.63) is 23.8 Å². The van der Waals surface area contributed by atoms with Gasteiger partial charge in [-0.1, -0.05) is 6.07 Å². The smallest absolute Gasteiger partial charge is 0.240 e. The Hall–Kier alpha value is -1.75. The second-order valence-corrected chi connectivity index (χ2v) is 5.23. The number of ether oxygens (including phenoxy) is 2. The molecule has 19 heavy (non-hydrogen) atoms. The van der Waals surface area contributed by atoms with Crippen molar-refractivity contribution < 1.29 is 14.3 Å². The van der Waals surface area contributed by atoms with Crippen molar-refractivity contribution in [1.82, 2.24) is 10.6 Å². The molecule has 0 spiro atoms. The lowest BCUT2D eigenvalue weighted by Crippen LogP contribution is -2.50. The predicted octanol–water partition coefficient (Wildman–Crippen LogP) is 1.17. The van der Waals surface area contributed by atoms with Gasteiger partial charge in [-0.3, -0.25) is 4.79 Å². The van der Waals surface area contributed by atoms with E-state index in [1.54, 1.807) is 0 Å². The Morgan fingerprint density at radius 1 is 1.42 bits per heavy atom. The highest BCUT2D eigenvalue weighted by Gasteiger charge is 2.35. The largest absolute Gasteiger partial charge is 0.454 e. The van der Waals surface area contributed by atoms with E-state index in [4.69, 9.17) is 9.47 Å². The summed E-state index contributed by atoms with van der Waals surface area (Å²) >= 11 is 0. The van der Waals surface area contributed by atoms with Gasteiger partial charge in [0.25, 0.3) is 0 Å². The molecule has 1 unspecified atom stereocenters. The predicted molar refractivity (Wildman–Crippen MR) is 70.1 cm³/mol. The Morgan fingerprint density at radius 2 is 2.26 bits per heavy atom. The molecule has 0 saturated carbocycles. The molecule has 5 heteroatoms. The fourth-order valence-electron chi connectivity index (χ4n) is 2.52. The van der Waals surface area contributed by atoms with Gasteiger partial charge in [0.2, 0.25) is 12.7 Å². The van der Waals surface area contributed by atoms with Gasteiger partial charge in [0.05, 0.1) is 5.54 Å². The molecule has 1 fully saturated rings. The van der Waals surface area contributed by atoms with Crippen LogP contribution in [0.3, 0.4) is 0 Å². The molecular weight excluding hydrogens is 244 g/mol. The summed E-state index contributed by atoms with van der Waals surface area (Å²) in [5, 5.41) is 6.23. The molecule has 1 atom stereocenters. The van der Waals surface area contributed by atoms with Crippen molar-refractivity contribution in [3.8, 4) is 11.5 Å². The second kappa shape index (κ2) is 4.74. The molecule has 3 rings (SSSR count). The Bertz CT molecular complexity index is 495. The molecular formula is C14H18N2O3. The van der Waals surface area contributed by atoms with Crippen molar-refractivity contribution in [2.45, 2.75) is 31.8 Å². The van der Waals surface area contributed by atoms with E-state index in [0.29, 0.717) is 6.54 Å². The zero-order valence-electron chi connectivity index (χ0n) is 11.0. The first-order chi connectivity index (χ1) is 9.17. The average molecular weight is 262 g/mol. The Labute approximate surface area is 112 Å². The Morgan fingerprint density at radius 3 is 3.05 bits per heavy atom. The van der Waals surface area contributed by atoms with Crippen LogP contribution in [-0.2, 0) is 11.3 Å². The summed E-state index contributed by atoms with van der Waals surface area (Å²) in [7, 11) is 0. The molecule has 0 bridgehead atoms. The topological polar surface area (TPSA) is 59.6 Å². The van der Waals surface area contributed by atoms with Crippen molar-refractivity contribution in [1.29, 1.82) is 0 Å². The Kier molecular flexibility index (Phi) is 3.06. The number of fused-ring (bicyclic) bond motifs is 1. The van der Waals surface area contributed by atoms with Gasteiger partial charge >= 0.3 is 0 Å². The van der Waals surface area contributed by atoms with Gasteiger partial charge in [0.15, 0.2) is 11.5 Å². The molecule has 2 N–H and O–H groups in total. The van der Waals surface area contributed by atoms with Crippen LogP contribution >= 0.6 is 0 Å². The average Bonchev–Trinajstić information content (AvgIpc) is 3.04. The van der Waals surface area contributed by atoms with E-state index in [1.807, 2.05) is 25.1 Å². The second-order valence-electron chi connectivity index (χ2n) is 5.23. The number of benzene rings is 1. The van der Waals surface area contributed by atoms with Gasteiger partial charge in [0.1, 0.15) is 0 Å². The van der Waals surface area contributed by atoms with Crippen molar-refractivity contribution in [3.63, 3.8) is 0 Å². The van der Waals surface area contributed by atoms with Crippen molar-refractivity contribution >= 4 is 5.91 Å². The van der Waals surface area contributed by atoms with Crippen LogP contribution in [0.2, 0.25) is 0 Å². The van der Waals surface area contributed by atoms with E-state index in [9.17, 15) is 4.79 Å². The molecule has 1 aromatic rings. The molecule has 2 heterocycles. The number of rotatable bonds is 3. The highest BCUT2D eigenvalue weighted by molar-refractivity contribution is 5.86. The lowest BCUT2D eigenvalue weighted by Gasteiger charge is -2.23. The maximum Gasteiger partial charge on any atom is 0.240 e. The van der Waals surface area contributed by atoms with Gasteiger partial charge in [-0.15, -0.1) is 0 Å². The van der Waals surface area contributed by atoms with E-state index >= 15 is 0 Å². The van der Waals surface area contributed by atoms with Crippen LogP contribution in [-0.4, -0.2) is 24.8 Å². The third-order valence-electron chi connectivity index (χ3n) is 3.76. The third-order valence-corrected chi connectivity index (χ3v) is 3.76. The lowest BCUT2D eigenvalue weighted by molar-refractivity contribution is -0.126. The van der Waals surface area contributed by atoms with Crippen LogP contribution < -0.4 is 20.1 Å². The first kappa shape index (κ1) is 12.3. The number of hydrogen-bond acceptors (Lipinski definition) is 4. The van der Waals surface area contributed by atoms with Gasteiger partial charge in [-0.25, -0.2) is 0 Å². The van der Waals surface area contributed by atoms with Gasteiger partial charge in [-0.2, -0.15) is 0 Å². The van der Waals surface area contributed by atoms with Gasteiger partial charge in [0, 0.05) is 6.54 Å². The van der Waals surface area contributed by atoms with Gasteiger partial charge < -0.3 is 20.1 Å². The van der Waals surface area contributed by atoms with E-state index in [-0.39, 0.29) is 12.7 Å². The summed E-state index contributed by atoms with van der Waals surface area (Å²) in [5.74, 6) is 1.57. The first-order valence-corrected chi connectivity index (χ1v) is 6.59. The van der Waals surface area contributed by atoms with Crippen LogP contribution in [0.25, 0.3) is 0 Å². The SMILES string of the molecule is CC1(C(=O)NCc2ccc3c(c2)OCO3)CCCN1. The summed E-state index contributed by atoms with van der Waals surface area (Å²) in [6.07, 6.45) is 1.94. The fraction of sp³-hybridized carbons (Fsp3) is 0.500. The minimum atomic E-state index is -0.420. The molecule has 5 nitrogen and oxygen atoms in total. The fourth-order valence-corrected chi connectivity index (χ4v) is 2.52. The van der Waals surface area contributed by atoms with E-state index in [0.717, 1.165) is 36.4 Å². The monoisotopic (exact) mass is 262 g/mol. The number of hydrogen-bond donors (Lipinski definition) is 2. The number of nitrogens with one attached hydrogen (secondary N) is 2. The quantitative estimate of drug-likeness (QED) is 0.858.